The van der Waals surface area contributed by atoms with Crippen molar-refractivity contribution in [2.45, 2.75) is 25.3 Å². The van der Waals surface area contributed by atoms with Gasteiger partial charge in [-0.2, -0.15) is 0 Å². The number of fused-ring (bicyclic) bond motifs is 1. The number of carbonyl (C=O) groups is 5. The summed E-state index contributed by atoms with van der Waals surface area (Å²) in [6, 6.07) is 15.2. The molecule has 5 amide bonds. The maximum Gasteiger partial charge on any atom is 0.320 e. The molecule has 5 rings (SSSR count). The summed E-state index contributed by atoms with van der Waals surface area (Å²) in [6.07, 6.45) is 1.41. The zero-order valence-corrected chi connectivity index (χ0v) is 22.5. The lowest BCUT2D eigenvalue weighted by Gasteiger charge is -2.26. The quantitative estimate of drug-likeness (QED) is 0.371. The minimum Gasteiger partial charge on any atom is -0.481 e. The van der Waals surface area contributed by atoms with Crippen molar-refractivity contribution in [2.24, 2.45) is 0 Å². The number of likely N-dealkylation sites (tertiary alicyclic amines) is 1. The zero-order chi connectivity index (χ0) is 29.8. The van der Waals surface area contributed by atoms with Crippen molar-refractivity contribution in [1.82, 2.24) is 10.2 Å². The number of aliphatic carboxylic acids is 1. The van der Waals surface area contributed by atoms with Crippen molar-refractivity contribution in [1.29, 1.82) is 0 Å². The van der Waals surface area contributed by atoms with E-state index < -0.39 is 35.7 Å². The molecule has 216 valence electrons. The van der Waals surface area contributed by atoms with Gasteiger partial charge in [-0.3, -0.25) is 29.0 Å². The third-order valence-electron chi connectivity index (χ3n) is 7.05. The minimum atomic E-state index is -1.83. The maximum absolute atomic E-state index is 15.1. The van der Waals surface area contributed by atoms with E-state index >= 15 is 4.39 Å². The van der Waals surface area contributed by atoms with E-state index in [1.807, 2.05) is 0 Å². The number of hydrogen-bond acceptors (Lipinski definition) is 5. The number of carboxylic acid groups (broad SMARTS) is 1. The number of nitrogens with zero attached hydrogens (tertiary/aromatic N) is 3. The lowest BCUT2D eigenvalue weighted by atomic mass is 10.1. The topological polar surface area (TPSA) is 139 Å². The predicted octanol–water partition coefficient (Wildman–Crippen LogP) is 3.28. The van der Waals surface area contributed by atoms with Crippen LogP contribution in [0.4, 0.5) is 31.9 Å². The van der Waals surface area contributed by atoms with Crippen LogP contribution in [0.1, 0.15) is 18.4 Å². The fraction of sp³-hybridized carbons (Fsp3) is 0.233. The van der Waals surface area contributed by atoms with Crippen molar-refractivity contribution in [3.63, 3.8) is 0 Å². The van der Waals surface area contributed by atoms with Crippen LogP contribution >= 0.6 is 0 Å². The molecule has 0 radical (unpaired) electrons. The molecule has 0 bridgehead atoms. The SMILES string of the molecule is O=C(O)Cc1cccc(NC(=O)NC2C(=O)N(CC(=O)N3CCCC3)c3ccccc3N(c3ccccc3F)C2=O)c1. The number of rotatable bonds is 7. The average Bonchev–Trinajstić information content (AvgIpc) is 3.49. The molecule has 11 nitrogen and oxygen atoms in total. The van der Waals surface area contributed by atoms with Crippen LogP contribution in [0.5, 0.6) is 0 Å². The van der Waals surface area contributed by atoms with Gasteiger partial charge < -0.3 is 20.6 Å². The summed E-state index contributed by atoms with van der Waals surface area (Å²) < 4.78 is 15.1. The molecule has 1 saturated heterocycles. The van der Waals surface area contributed by atoms with Gasteiger partial charge in [0.2, 0.25) is 5.91 Å². The highest BCUT2D eigenvalue weighted by Gasteiger charge is 2.43. The van der Waals surface area contributed by atoms with Gasteiger partial charge in [-0.05, 0) is 54.8 Å². The molecular weight excluding hydrogens is 545 g/mol. The van der Waals surface area contributed by atoms with Crippen LogP contribution in [0, 0.1) is 5.82 Å². The zero-order valence-electron chi connectivity index (χ0n) is 22.5. The molecule has 2 aliphatic heterocycles. The van der Waals surface area contributed by atoms with E-state index in [0.29, 0.717) is 18.7 Å². The molecule has 2 aliphatic rings. The summed E-state index contributed by atoms with van der Waals surface area (Å²) in [5.41, 5.74) is 0.896. The van der Waals surface area contributed by atoms with Crippen molar-refractivity contribution in [3.05, 3.63) is 84.2 Å². The average molecular weight is 574 g/mol. The number of para-hydroxylation sites is 3. The summed E-state index contributed by atoms with van der Waals surface area (Å²) in [5.74, 6) is -3.89. The lowest BCUT2D eigenvalue weighted by Crippen LogP contribution is -2.56. The molecule has 0 spiro atoms. The van der Waals surface area contributed by atoms with Gasteiger partial charge in [0.1, 0.15) is 12.4 Å². The Labute approximate surface area is 240 Å². The van der Waals surface area contributed by atoms with Crippen LogP contribution in [-0.2, 0) is 25.6 Å². The van der Waals surface area contributed by atoms with E-state index in [4.69, 9.17) is 5.11 Å². The Kier molecular flexibility index (Phi) is 8.14. The van der Waals surface area contributed by atoms with E-state index in [2.05, 4.69) is 10.6 Å². The number of hydrogen-bond donors (Lipinski definition) is 3. The highest BCUT2D eigenvalue weighted by Crippen LogP contribution is 2.39. The van der Waals surface area contributed by atoms with Gasteiger partial charge in [-0.25, -0.2) is 9.18 Å². The van der Waals surface area contributed by atoms with E-state index in [-0.39, 0.29) is 41.6 Å². The van der Waals surface area contributed by atoms with Gasteiger partial charge in [0.05, 0.1) is 23.5 Å². The smallest absolute Gasteiger partial charge is 0.320 e. The molecule has 3 aromatic carbocycles. The molecule has 12 heteroatoms. The number of amides is 5. The first-order valence-corrected chi connectivity index (χ1v) is 13.4. The van der Waals surface area contributed by atoms with Gasteiger partial charge in [-0.15, -0.1) is 0 Å². The standard InChI is InChI=1S/C30H28FN5O6/c31-21-10-1-2-11-22(21)36-24-13-4-3-12-23(24)35(18-25(37)34-14-5-6-15-34)28(40)27(29(36)41)33-30(42)32-20-9-7-8-19(16-20)17-26(38)39/h1-4,7-13,16,27H,5-6,14-15,17-18H2,(H,38,39)(H2,32,33,42). The normalized spacial score (nSPS) is 16.6. The molecular formula is C30H28FN5O6. The summed E-state index contributed by atoms with van der Waals surface area (Å²) in [4.78, 5) is 69.2. The van der Waals surface area contributed by atoms with Crippen LogP contribution in [0.3, 0.4) is 0 Å². The van der Waals surface area contributed by atoms with E-state index in [0.717, 1.165) is 22.6 Å². The first-order valence-electron chi connectivity index (χ1n) is 13.4. The van der Waals surface area contributed by atoms with Crippen molar-refractivity contribution >= 4 is 52.5 Å². The highest BCUT2D eigenvalue weighted by atomic mass is 19.1. The fourth-order valence-electron chi connectivity index (χ4n) is 5.11. The summed E-state index contributed by atoms with van der Waals surface area (Å²) in [5, 5.41) is 14.0. The van der Waals surface area contributed by atoms with E-state index in [9.17, 15) is 24.0 Å². The maximum atomic E-state index is 15.1. The molecule has 42 heavy (non-hydrogen) atoms. The summed E-state index contributed by atoms with van der Waals surface area (Å²) in [7, 11) is 0. The van der Waals surface area contributed by atoms with Crippen molar-refractivity contribution in [2.75, 3.05) is 34.8 Å². The number of nitrogens with one attached hydrogen (secondary N) is 2. The third kappa shape index (κ3) is 5.92. The van der Waals surface area contributed by atoms with E-state index in [1.54, 1.807) is 35.2 Å². The van der Waals surface area contributed by atoms with Crippen LogP contribution in [0.25, 0.3) is 0 Å². The first-order chi connectivity index (χ1) is 20.2. The Bertz CT molecular complexity index is 1560. The summed E-state index contributed by atoms with van der Waals surface area (Å²) >= 11 is 0. The molecule has 0 aromatic heterocycles. The van der Waals surface area contributed by atoms with Gasteiger partial charge in [0.25, 0.3) is 11.8 Å². The van der Waals surface area contributed by atoms with Gasteiger partial charge >= 0.3 is 12.0 Å². The van der Waals surface area contributed by atoms with Crippen LogP contribution in [0.2, 0.25) is 0 Å². The van der Waals surface area contributed by atoms with Gasteiger partial charge in [0.15, 0.2) is 6.04 Å². The Hall–Kier alpha value is -5.26. The fourth-order valence-corrected chi connectivity index (χ4v) is 5.11. The number of carboxylic acids is 1. The second-order valence-electron chi connectivity index (χ2n) is 9.93. The number of halogens is 1. The molecule has 0 saturated carbocycles. The van der Waals surface area contributed by atoms with Crippen molar-refractivity contribution < 1.29 is 33.5 Å². The number of carbonyl (C=O) groups excluding carboxylic acids is 4. The second-order valence-corrected chi connectivity index (χ2v) is 9.93. The summed E-state index contributed by atoms with van der Waals surface area (Å²) in [6.45, 7) is 0.715. The Morgan fingerprint density at radius 1 is 0.857 bits per heavy atom. The number of benzene rings is 3. The molecule has 0 aliphatic carbocycles. The Balaban J connectivity index is 1.51. The predicted molar refractivity (Wildman–Crippen MR) is 152 cm³/mol. The van der Waals surface area contributed by atoms with Crippen LogP contribution in [0.15, 0.2) is 72.8 Å². The second kappa shape index (κ2) is 12.1. The molecule has 2 heterocycles. The van der Waals surface area contributed by atoms with Crippen LogP contribution < -0.4 is 20.4 Å². The minimum absolute atomic E-state index is 0.135. The number of anilines is 4. The van der Waals surface area contributed by atoms with Crippen molar-refractivity contribution in [3.8, 4) is 0 Å². The Morgan fingerprint density at radius 2 is 1.52 bits per heavy atom. The molecule has 1 fully saturated rings. The van der Waals surface area contributed by atoms with Gasteiger partial charge in [0, 0.05) is 18.8 Å². The Morgan fingerprint density at radius 3 is 2.21 bits per heavy atom. The molecule has 3 N–H and O–H groups in total. The third-order valence-corrected chi connectivity index (χ3v) is 7.05. The monoisotopic (exact) mass is 573 g/mol. The molecule has 1 atom stereocenters. The van der Waals surface area contributed by atoms with E-state index in [1.165, 1.54) is 42.5 Å². The first kappa shape index (κ1) is 28.3. The molecule has 3 aromatic rings. The molecule has 1 unspecified atom stereocenters. The van der Waals surface area contributed by atoms with Gasteiger partial charge in [-0.1, -0.05) is 36.4 Å². The highest BCUT2D eigenvalue weighted by molar-refractivity contribution is 6.24. The largest absolute Gasteiger partial charge is 0.481 e. The number of urea groups is 1. The lowest BCUT2D eigenvalue weighted by molar-refractivity contribution is -0.136. The van der Waals surface area contributed by atoms with Crippen LogP contribution in [-0.4, -0.2) is 65.4 Å².